The molecule has 7 heteroatoms. The Balaban J connectivity index is 2.53. The third-order valence-corrected chi connectivity index (χ3v) is 5.58. The van der Waals surface area contributed by atoms with E-state index in [1.165, 1.54) is 32.0 Å². The van der Waals surface area contributed by atoms with Crippen LogP contribution in [0.25, 0.3) is 0 Å². The van der Waals surface area contributed by atoms with Gasteiger partial charge in [-0.3, -0.25) is 9.59 Å². The van der Waals surface area contributed by atoms with Crippen molar-refractivity contribution in [3.63, 3.8) is 0 Å². The molecule has 26 heavy (non-hydrogen) atoms. The van der Waals surface area contributed by atoms with E-state index in [9.17, 15) is 14.0 Å². The summed E-state index contributed by atoms with van der Waals surface area (Å²) < 4.78 is 24.7. The van der Waals surface area contributed by atoms with Crippen molar-refractivity contribution in [3.05, 3.63) is 63.9 Å². The fraction of sp³-hybridized carbons (Fsp3) is 0.263. The first-order valence-electron chi connectivity index (χ1n) is 7.71. The van der Waals surface area contributed by atoms with E-state index in [0.29, 0.717) is 4.47 Å². The van der Waals surface area contributed by atoms with Crippen molar-refractivity contribution < 1.29 is 23.5 Å². The van der Waals surface area contributed by atoms with E-state index >= 15 is 0 Å². The maximum Gasteiger partial charge on any atom is 0.321 e. The fourth-order valence-electron chi connectivity index (χ4n) is 2.40. The summed E-state index contributed by atoms with van der Waals surface area (Å²) in [4.78, 5) is 25.4. The Labute approximate surface area is 164 Å². The second-order valence-corrected chi connectivity index (χ2v) is 7.67. The number of halogens is 2. The molecule has 0 saturated heterocycles. The highest BCUT2D eigenvalue weighted by Gasteiger charge is 2.40. The summed E-state index contributed by atoms with van der Waals surface area (Å²) in [5.74, 6) is -3.37. The van der Waals surface area contributed by atoms with E-state index in [1.54, 1.807) is 12.1 Å². The number of carbonyl (C=O) groups is 2. The zero-order valence-electron chi connectivity index (χ0n) is 14.5. The molecule has 0 radical (unpaired) electrons. The Morgan fingerprint density at radius 2 is 1.62 bits per heavy atom. The summed E-state index contributed by atoms with van der Waals surface area (Å²) in [5.41, 5.74) is 1.29. The van der Waals surface area contributed by atoms with Crippen LogP contribution >= 0.6 is 27.7 Å². The van der Waals surface area contributed by atoms with Crippen LogP contribution in [0.4, 0.5) is 4.39 Å². The molecular formula is C19H18BrFO4S. The Bertz CT molecular complexity index is 779. The van der Waals surface area contributed by atoms with Gasteiger partial charge in [0, 0.05) is 14.9 Å². The predicted molar refractivity (Wildman–Crippen MR) is 101 cm³/mol. The van der Waals surface area contributed by atoms with Crippen LogP contribution in [0.2, 0.25) is 0 Å². The largest absolute Gasteiger partial charge is 0.468 e. The zero-order valence-corrected chi connectivity index (χ0v) is 16.9. The van der Waals surface area contributed by atoms with Gasteiger partial charge in [0.05, 0.1) is 19.5 Å². The highest BCUT2D eigenvalue weighted by molar-refractivity contribution is 9.10. The lowest BCUT2D eigenvalue weighted by Gasteiger charge is -2.24. The first-order valence-corrected chi connectivity index (χ1v) is 9.38. The Hall–Kier alpha value is -1.86. The van der Waals surface area contributed by atoms with Crippen LogP contribution in [0.5, 0.6) is 0 Å². The zero-order chi connectivity index (χ0) is 19.3. The average Bonchev–Trinajstić information content (AvgIpc) is 2.62. The first kappa shape index (κ1) is 20.5. The van der Waals surface area contributed by atoms with E-state index in [4.69, 9.17) is 9.47 Å². The number of benzene rings is 2. The van der Waals surface area contributed by atoms with Gasteiger partial charge in [-0.1, -0.05) is 39.7 Å². The van der Waals surface area contributed by atoms with Crippen molar-refractivity contribution in [2.45, 2.75) is 17.1 Å². The molecule has 4 nitrogen and oxygen atoms in total. The molecule has 2 aromatic rings. The van der Waals surface area contributed by atoms with Crippen molar-refractivity contribution in [1.82, 2.24) is 0 Å². The number of aryl methyl sites for hydroxylation is 1. The molecule has 0 aliphatic carbocycles. The lowest BCUT2D eigenvalue weighted by molar-refractivity contribution is -0.158. The number of carbonyl (C=O) groups excluding carboxylic acids is 2. The van der Waals surface area contributed by atoms with Crippen molar-refractivity contribution in [1.29, 1.82) is 0 Å². The third kappa shape index (κ3) is 4.86. The lowest BCUT2D eigenvalue weighted by Crippen LogP contribution is -2.31. The summed E-state index contributed by atoms with van der Waals surface area (Å²) in [6, 6.07) is 12.0. The Kier molecular flexibility index (Phi) is 7.23. The molecule has 0 saturated carbocycles. The van der Waals surface area contributed by atoms with Gasteiger partial charge in [0.15, 0.2) is 5.92 Å². The molecule has 1 atom stereocenters. The molecule has 0 amide bonds. The monoisotopic (exact) mass is 440 g/mol. The number of rotatable bonds is 6. The molecule has 2 aromatic carbocycles. The van der Waals surface area contributed by atoms with E-state index in [2.05, 4.69) is 15.9 Å². The maximum absolute atomic E-state index is 14.6. The highest BCUT2D eigenvalue weighted by atomic mass is 79.9. The Morgan fingerprint density at radius 3 is 2.12 bits per heavy atom. The van der Waals surface area contributed by atoms with Gasteiger partial charge in [-0.25, -0.2) is 4.39 Å². The minimum Gasteiger partial charge on any atom is -0.468 e. The van der Waals surface area contributed by atoms with Crippen LogP contribution in [0.15, 0.2) is 51.8 Å². The number of methoxy groups -OCH3 is 2. The SMILES string of the molecule is COC(=O)C(C(=O)OC)C(Sc1ccc(C)cc1)c1ccc(Br)cc1F. The molecule has 0 heterocycles. The van der Waals surface area contributed by atoms with Crippen molar-refractivity contribution >= 4 is 39.6 Å². The average molecular weight is 441 g/mol. The molecule has 1 unspecified atom stereocenters. The molecule has 0 aliphatic heterocycles. The minimum absolute atomic E-state index is 0.222. The number of ether oxygens (including phenoxy) is 2. The van der Waals surface area contributed by atoms with Crippen LogP contribution in [0.3, 0.4) is 0 Å². The molecule has 0 spiro atoms. The number of hydrogen-bond acceptors (Lipinski definition) is 5. The van der Waals surface area contributed by atoms with Gasteiger partial charge in [-0.05, 0) is 31.2 Å². The summed E-state index contributed by atoms with van der Waals surface area (Å²) >= 11 is 4.42. The second-order valence-electron chi connectivity index (χ2n) is 5.54. The van der Waals surface area contributed by atoms with Gasteiger partial charge in [0.2, 0.25) is 0 Å². The number of hydrogen-bond donors (Lipinski definition) is 0. The molecule has 0 aromatic heterocycles. The van der Waals surface area contributed by atoms with Crippen molar-refractivity contribution in [2.24, 2.45) is 5.92 Å². The smallest absolute Gasteiger partial charge is 0.321 e. The van der Waals surface area contributed by atoms with Crippen LogP contribution in [-0.2, 0) is 19.1 Å². The molecule has 138 valence electrons. The standard InChI is InChI=1S/C19H18BrFO4S/c1-11-4-7-13(8-5-11)26-17(14-9-6-12(20)10-15(14)21)16(18(22)24-2)19(23)25-3/h4-10,16-17H,1-3H3. The van der Waals surface area contributed by atoms with E-state index in [0.717, 1.165) is 10.5 Å². The molecule has 0 fully saturated rings. The fourth-order valence-corrected chi connectivity index (χ4v) is 4.00. The van der Waals surface area contributed by atoms with Gasteiger partial charge < -0.3 is 9.47 Å². The predicted octanol–water partition coefficient (Wildman–Crippen LogP) is 4.69. The van der Waals surface area contributed by atoms with Gasteiger partial charge in [0.25, 0.3) is 0 Å². The van der Waals surface area contributed by atoms with Crippen molar-refractivity contribution in [2.75, 3.05) is 14.2 Å². The van der Waals surface area contributed by atoms with E-state index in [-0.39, 0.29) is 5.56 Å². The first-order chi connectivity index (χ1) is 12.4. The third-order valence-electron chi connectivity index (χ3n) is 3.77. The molecule has 0 N–H and O–H groups in total. The van der Waals surface area contributed by atoms with Crippen LogP contribution in [0.1, 0.15) is 16.4 Å². The van der Waals surface area contributed by atoms with Crippen LogP contribution < -0.4 is 0 Å². The van der Waals surface area contributed by atoms with Crippen LogP contribution in [0, 0.1) is 18.7 Å². The van der Waals surface area contributed by atoms with Gasteiger partial charge in [-0.15, -0.1) is 11.8 Å². The summed E-state index contributed by atoms with van der Waals surface area (Å²) in [6.07, 6.45) is 0. The topological polar surface area (TPSA) is 52.6 Å². The number of esters is 2. The molecule has 0 aliphatic rings. The highest BCUT2D eigenvalue weighted by Crippen LogP contribution is 2.43. The van der Waals surface area contributed by atoms with E-state index in [1.807, 2.05) is 31.2 Å². The van der Waals surface area contributed by atoms with Crippen LogP contribution in [-0.4, -0.2) is 26.2 Å². The van der Waals surface area contributed by atoms with E-state index < -0.39 is 28.9 Å². The quantitative estimate of drug-likeness (QED) is 0.370. The normalized spacial score (nSPS) is 11.9. The minimum atomic E-state index is -1.30. The van der Waals surface area contributed by atoms with Gasteiger partial charge in [-0.2, -0.15) is 0 Å². The Morgan fingerprint density at radius 1 is 1.04 bits per heavy atom. The molecule has 2 rings (SSSR count). The molecule has 0 bridgehead atoms. The number of thioether (sulfide) groups is 1. The molecular weight excluding hydrogens is 423 g/mol. The van der Waals surface area contributed by atoms with Gasteiger partial charge >= 0.3 is 11.9 Å². The summed E-state index contributed by atoms with van der Waals surface area (Å²) in [6.45, 7) is 1.95. The van der Waals surface area contributed by atoms with Crippen molar-refractivity contribution in [3.8, 4) is 0 Å². The second kappa shape index (κ2) is 9.19. The lowest BCUT2D eigenvalue weighted by atomic mass is 9.98. The van der Waals surface area contributed by atoms with Gasteiger partial charge in [0.1, 0.15) is 5.82 Å². The summed E-state index contributed by atoms with van der Waals surface area (Å²) in [7, 11) is 2.37. The maximum atomic E-state index is 14.6. The summed E-state index contributed by atoms with van der Waals surface area (Å²) in [5, 5.41) is -0.842.